The summed E-state index contributed by atoms with van der Waals surface area (Å²) >= 11 is 0. The van der Waals surface area contributed by atoms with Crippen LogP contribution < -0.4 is 4.74 Å². The zero-order valence-electron chi connectivity index (χ0n) is 11.2. The molecule has 2 N–H and O–H groups in total. The SMILES string of the molecule is O=C(O)c1cc2ccc(Oc3ccc4nc[nH]c4c3)cc2o1. The molecule has 6 nitrogen and oxygen atoms in total. The first-order valence-corrected chi connectivity index (χ1v) is 6.57. The van der Waals surface area contributed by atoms with Crippen molar-refractivity contribution < 1.29 is 19.1 Å². The topological polar surface area (TPSA) is 88.4 Å². The minimum absolute atomic E-state index is 0.0916. The van der Waals surface area contributed by atoms with Crippen molar-refractivity contribution in [2.45, 2.75) is 0 Å². The van der Waals surface area contributed by atoms with E-state index in [-0.39, 0.29) is 5.76 Å². The number of ether oxygens (including phenoxy) is 1. The molecule has 0 aliphatic carbocycles. The summed E-state index contributed by atoms with van der Waals surface area (Å²) in [6, 6.07) is 12.2. The number of carbonyl (C=O) groups is 1. The van der Waals surface area contributed by atoms with Gasteiger partial charge < -0.3 is 19.2 Å². The molecule has 0 spiro atoms. The zero-order valence-corrected chi connectivity index (χ0v) is 11.2. The van der Waals surface area contributed by atoms with E-state index < -0.39 is 5.97 Å². The van der Waals surface area contributed by atoms with Gasteiger partial charge in [-0.25, -0.2) is 9.78 Å². The number of aromatic amines is 1. The first-order chi connectivity index (χ1) is 10.7. The Kier molecular flexibility index (Phi) is 2.62. The molecule has 6 heteroatoms. The second kappa shape index (κ2) is 4.63. The molecule has 4 rings (SSSR count). The third-order valence-electron chi connectivity index (χ3n) is 3.33. The number of hydrogen-bond donors (Lipinski definition) is 2. The molecule has 0 aliphatic rings. The van der Waals surface area contributed by atoms with Gasteiger partial charge in [-0.1, -0.05) is 0 Å². The van der Waals surface area contributed by atoms with Gasteiger partial charge >= 0.3 is 5.97 Å². The zero-order chi connectivity index (χ0) is 15.1. The molecular formula is C16H10N2O4. The number of fused-ring (bicyclic) bond motifs is 2. The largest absolute Gasteiger partial charge is 0.475 e. The summed E-state index contributed by atoms with van der Waals surface area (Å²) in [5.74, 6) is 0.0353. The van der Waals surface area contributed by atoms with Crippen molar-refractivity contribution in [1.29, 1.82) is 0 Å². The highest BCUT2D eigenvalue weighted by Crippen LogP contribution is 2.28. The molecule has 4 aromatic rings. The van der Waals surface area contributed by atoms with Crippen molar-refractivity contribution in [3.05, 3.63) is 54.6 Å². The number of aromatic carboxylic acids is 1. The Morgan fingerprint density at radius 2 is 1.95 bits per heavy atom. The van der Waals surface area contributed by atoms with Crippen LogP contribution >= 0.6 is 0 Å². The Balaban J connectivity index is 1.69. The van der Waals surface area contributed by atoms with Crippen molar-refractivity contribution in [1.82, 2.24) is 9.97 Å². The van der Waals surface area contributed by atoms with E-state index in [0.717, 1.165) is 11.0 Å². The first kappa shape index (κ1) is 12.5. The summed E-state index contributed by atoms with van der Waals surface area (Å²) in [5.41, 5.74) is 2.21. The van der Waals surface area contributed by atoms with E-state index in [1.54, 1.807) is 24.5 Å². The molecule has 0 fully saturated rings. The number of H-pyrrole nitrogens is 1. The molecule has 2 aromatic heterocycles. The molecule has 2 heterocycles. The van der Waals surface area contributed by atoms with Crippen molar-refractivity contribution >= 4 is 28.0 Å². The lowest BCUT2D eigenvalue weighted by Gasteiger charge is -2.05. The number of rotatable bonds is 3. The average molecular weight is 294 g/mol. The Morgan fingerprint density at radius 1 is 1.14 bits per heavy atom. The Labute approximate surface area is 124 Å². The maximum absolute atomic E-state index is 10.9. The lowest BCUT2D eigenvalue weighted by molar-refractivity contribution is 0.0665. The Bertz CT molecular complexity index is 1000. The predicted molar refractivity (Wildman–Crippen MR) is 79.3 cm³/mol. The van der Waals surface area contributed by atoms with Crippen LogP contribution in [0.15, 0.2) is 53.2 Å². The molecule has 0 saturated heterocycles. The predicted octanol–water partition coefficient (Wildman–Crippen LogP) is 3.80. The fraction of sp³-hybridized carbons (Fsp3) is 0. The molecule has 0 unspecified atom stereocenters. The van der Waals surface area contributed by atoms with Crippen LogP contribution in [0.5, 0.6) is 11.5 Å². The average Bonchev–Trinajstić information content (AvgIpc) is 3.12. The minimum atomic E-state index is -1.09. The number of furan rings is 1. The number of hydrogen-bond acceptors (Lipinski definition) is 4. The van der Waals surface area contributed by atoms with Crippen LogP contribution in [0.4, 0.5) is 0 Å². The molecule has 0 aliphatic heterocycles. The number of nitrogens with zero attached hydrogens (tertiary/aromatic N) is 1. The third-order valence-corrected chi connectivity index (χ3v) is 3.33. The van der Waals surface area contributed by atoms with Crippen LogP contribution in [-0.2, 0) is 0 Å². The van der Waals surface area contributed by atoms with E-state index >= 15 is 0 Å². The highest BCUT2D eigenvalue weighted by atomic mass is 16.5. The molecule has 0 bridgehead atoms. The number of benzene rings is 2. The van der Waals surface area contributed by atoms with E-state index in [9.17, 15) is 4.79 Å². The van der Waals surface area contributed by atoms with Gasteiger partial charge in [-0.15, -0.1) is 0 Å². The lowest BCUT2D eigenvalue weighted by atomic mass is 10.2. The van der Waals surface area contributed by atoms with Crippen LogP contribution in [0.25, 0.3) is 22.0 Å². The molecule has 22 heavy (non-hydrogen) atoms. The number of nitrogens with one attached hydrogen (secondary N) is 1. The third kappa shape index (κ3) is 2.07. The maximum Gasteiger partial charge on any atom is 0.371 e. The van der Waals surface area contributed by atoms with Gasteiger partial charge in [0.05, 0.1) is 17.4 Å². The quantitative estimate of drug-likeness (QED) is 0.600. The summed E-state index contributed by atoms with van der Waals surface area (Å²) in [5, 5.41) is 9.65. The maximum atomic E-state index is 10.9. The summed E-state index contributed by atoms with van der Waals surface area (Å²) in [7, 11) is 0. The van der Waals surface area contributed by atoms with Gasteiger partial charge in [0, 0.05) is 17.5 Å². The molecule has 0 saturated carbocycles. The number of aromatic nitrogens is 2. The normalized spacial score (nSPS) is 11.1. The number of carboxylic acids is 1. The highest BCUT2D eigenvalue weighted by Gasteiger charge is 2.11. The standard InChI is InChI=1S/C16H10N2O4/c19-16(20)15-5-9-1-2-11(7-14(9)22-15)21-10-3-4-12-13(6-10)18-8-17-12/h1-8H,(H,17,18)(H,19,20). The van der Waals surface area contributed by atoms with Crippen molar-refractivity contribution in [3.8, 4) is 11.5 Å². The van der Waals surface area contributed by atoms with Crippen molar-refractivity contribution in [2.75, 3.05) is 0 Å². The van der Waals surface area contributed by atoms with Gasteiger partial charge in [-0.05, 0) is 30.3 Å². The molecule has 0 amide bonds. The summed E-state index contributed by atoms with van der Waals surface area (Å²) in [6.07, 6.45) is 1.62. The fourth-order valence-electron chi connectivity index (χ4n) is 2.29. The second-order valence-corrected chi connectivity index (χ2v) is 4.80. The molecule has 0 atom stereocenters. The van der Waals surface area contributed by atoms with E-state index in [2.05, 4.69) is 9.97 Å². The van der Waals surface area contributed by atoms with Gasteiger partial charge in [0.25, 0.3) is 0 Å². The summed E-state index contributed by atoms with van der Waals surface area (Å²) < 4.78 is 11.0. The fourth-order valence-corrected chi connectivity index (χ4v) is 2.29. The summed E-state index contributed by atoms with van der Waals surface area (Å²) in [4.78, 5) is 18.1. The van der Waals surface area contributed by atoms with Gasteiger partial charge in [0.1, 0.15) is 17.1 Å². The smallest absolute Gasteiger partial charge is 0.371 e. The highest BCUT2D eigenvalue weighted by molar-refractivity contribution is 5.91. The summed E-state index contributed by atoms with van der Waals surface area (Å²) in [6.45, 7) is 0. The van der Waals surface area contributed by atoms with Crippen LogP contribution in [0, 0.1) is 0 Å². The van der Waals surface area contributed by atoms with Crippen LogP contribution in [0.3, 0.4) is 0 Å². The second-order valence-electron chi connectivity index (χ2n) is 4.80. The van der Waals surface area contributed by atoms with Gasteiger partial charge in [-0.2, -0.15) is 0 Å². The Morgan fingerprint density at radius 3 is 2.82 bits per heavy atom. The lowest BCUT2D eigenvalue weighted by Crippen LogP contribution is -1.91. The number of imidazole rings is 1. The van der Waals surface area contributed by atoms with Crippen LogP contribution in [-0.4, -0.2) is 21.0 Å². The van der Waals surface area contributed by atoms with Crippen LogP contribution in [0.2, 0.25) is 0 Å². The van der Waals surface area contributed by atoms with E-state index in [0.29, 0.717) is 22.5 Å². The van der Waals surface area contributed by atoms with Gasteiger partial charge in [-0.3, -0.25) is 0 Å². The first-order valence-electron chi connectivity index (χ1n) is 6.57. The van der Waals surface area contributed by atoms with Crippen LogP contribution in [0.1, 0.15) is 10.6 Å². The van der Waals surface area contributed by atoms with E-state index in [1.165, 1.54) is 6.07 Å². The van der Waals surface area contributed by atoms with E-state index in [4.69, 9.17) is 14.3 Å². The monoisotopic (exact) mass is 294 g/mol. The number of carboxylic acid groups (broad SMARTS) is 1. The molecule has 108 valence electrons. The van der Waals surface area contributed by atoms with Crippen molar-refractivity contribution in [2.24, 2.45) is 0 Å². The van der Waals surface area contributed by atoms with Crippen molar-refractivity contribution in [3.63, 3.8) is 0 Å². The minimum Gasteiger partial charge on any atom is -0.475 e. The molecule has 0 radical (unpaired) electrons. The molecular weight excluding hydrogens is 284 g/mol. The molecule has 2 aromatic carbocycles. The van der Waals surface area contributed by atoms with Gasteiger partial charge in [0.15, 0.2) is 0 Å². The Hall–Kier alpha value is -3.28. The van der Waals surface area contributed by atoms with E-state index in [1.807, 2.05) is 18.2 Å². The van der Waals surface area contributed by atoms with Gasteiger partial charge in [0.2, 0.25) is 5.76 Å².